The van der Waals surface area contributed by atoms with E-state index in [1.54, 1.807) is 6.33 Å². The summed E-state index contributed by atoms with van der Waals surface area (Å²) in [6, 6.07) is 5.69. The number of thioether (sulfide) groups is 1. The van der Waals surface area contributed by atoms with Gasteiger partial charge >= 0.3 is 0 Å². The zero-order valence-electron chi connectivity index (χ0n) is 10.7. The maximum atomic E-state index is 5.80. The molecule has 0 fully saturated rings. The lowest BCUT2D eigenvalue weighted by molar-refractivity contribution is 0.850. The van der Waals surface area contributed by atoms with Crippen LogP contribution >= 0.6 is 11.8 Å². The Morgan fingerprint density at radius 3 is 3.00 bits per heavy atom. The van der Waals surface area contributed by atoms with E-state index < -0.39 is 0 Å². The highest BCUT2D eigenvalue weighted by Gasteiger charge is 2.04. The van der Waals surface area contributed by atoms with Crippen LogP contribution < -0.4 is 11.1 Å². The number of nitrogen functional groups attached to an aromatic ring is 1. The van der Waals surface area contributed by atoms with E-state index in [0.29, 0.717) is 5.25 Å². The van der Waals surface area contributed by atoms with Gasteiger partial charge in [0.1, 0.15) is 12.1 Å². The molecule has 4 nitrogen and oxygen atoms in total. The van der Waals surface area contributed by atoms with Crippen molar-refractivity contribution in [3.63, 3.8) is 0 Å². The monoisotopic (exact) mass is 262 g/mol. The first-order valence-corrected chi connectivity index (χ1v) is 7.26. The molecule has 0 radical (unpaired) electrons. The fraction of sp³-hybridized carbons (Fsp3) is 0.385. The largest absolute Gasteiger partial charge is 0.399 e. The third-order valence-electron chi connectivity index (χ3n) is 2.91. The van der Waals surface area contributed by atoms with Crippen molar-refractivity contribution in [3.05, 3.63) is 24.5 Å². The van der Waals surface area contributed by atoms with Crippen molar-refractivity contribution >= 4 is 34.2 Å². The van der Waals surface area contributed by atoms with Crippen molar-refractivity contribution in [3.8, 4) is 0 Å². The van der Waals surface area contributed by atoms with E-state index in [-0.39, 0.29) is 0 Å². The van der Waals surface area contributed by atoms with Gasteiger partial charge in [0.15, 0.2) is 0 Å². The minimum Gasteiger partial charge on any atom is -0.399 e. The summed E-state index contributed by atoms with van der Waals surface area (Å²) >= 11 is 1.87. The molecule has 3 N–H and O–H groups in total. The third-order valence-corrected chi connectivity index (χ3v) is 3.95. The van der Waals surface area contributed by atoms with Gasteiger partial charge in [0.05, 0.1) is 5.52 Å². The van der Waals surface area contributed by atoms with E-state index in [4.69, 9.17) is 5.73 Å². The zero-order valence-corrected chi connectivity index (χ0v) is 11.5. The molecular formula is C13H18N4S. The van der Waals surface area contributed by atoms with Gasteiger partial charge in [-0.1, -0.05) is 6.92 Å². The molecule has 18 heavy (non-hydrogen) atoms. The zero-order chi connectivity index (χ0) is 13.0. The van der Waals surface area contributed by atoms with Crippen molar-refractivity contribution in [2.24, 2.45) is 0 Å². The summed E-state index contributed by atoms with van der Waals surface area (Å²) in [6.45, 7) is 3.13. The highest BCUT2D eigenvalue weighted by atomic mass is 32.2. The van der Waals surface area contributed by atoms with Crippen molar-refractivity contribution in [1.29, 1.82) is 0 Å². The second kappa shape index (κ2) is 5.91. The van der Waals surface area contributed by atoms with E-state index in [1.165, 1.54) is 0 Å². The number of rotatable bonds is 5. The van der Waals surface area contributed by atoms with Crippen molar-refractivity contribution < 1.29 is 0 Å². The van der Waals surface area contributed by atoms with Gasteiger partial charge in [-0.2, -0.15) is 11.8 Å². The smallest absolute Gasteiger partial charge is 0.137 e. The molecule has 0 amide bonds. The summed E-state index contributed by atoms with van der Waals surface area (Å²) < 4.78 is 0. The first kappa shape index (κ1) is 13.0. The predicted octanol–water partition coefficient (Wildman–Crippen LogP) is 2.77. The van der Waals surface area contributed by atoms with Gasteiger partial charge in [-0.15, -0.1) is 0 Å². The van der Waals surface area contributed by atoms with E-state index in [0.717, 1.165) is 35.4 Å². The minimum absolute atomic E-state index is 0.649. The summed E-state index contributed by atoms with van der Waals surface area (Å²) in [5.41, 5.74) is 7.45. The molecule has 1 atom stereocenters. The lowest BCUT2D eigenvalue weighted by Gasteiger charge is -2.11. The number of nitrogens with two attached hydrogens (primary N) is 1. The number of aromatic nitrogens is 2. The molecule has 0 aliphatic rings. The Morgan fingerprint density at radius 1 is 1.39 bits per heavy atom. The third kappa shape index (κ3) is 3.04. The van der Waals surface area contributed by atoms with Gasteiger partial charge in [-0.25, -0.2) is 9.97 Å². The van der Waals surface area contributed by atoms with E-state index in [2.05, 4.69) is 28.5 Å². The molecule has 1 aromatic heterocycles. The minimum atomic E-state index is 0.649. The van der Waals surface area contributed by atoms with Crippen molar-refractivity contribution in [2.75, 3.05) is 23.9 Å². The topological polar surface area (TPSA) is 63.8 Å². The Balaban J connectivity index is 2.15. The molecule has 0 saturated heterocycles. The first-order chi connectivity index (χ1) is 8.70. The van der Waals surface area contributed by atoms with Gasteiger partial charge in [-0.3, -0.25) is 0 Å². The summed E-state index contributed by atoms with van der Waals surface area (Å²) in [5.74, 6) is 0.862. The molecule has 0 aliphatic carbocycles. The first-order valence-electron chi connectivity index (χ1n) is 5.97. The Kier molecular flexibility index (Phi) is 4.25. The SMILES string of the molecule is CSC(C)CCNc1ncnc2ccc(N)cc12. The Morgan fingerprint density at radius 2 is 2.22 bits per heavy atom. The van der Waals surface area contributed by atoms with Gasteiger partial charge in [-0.05, 0) is 30.9 Å². The molecule has 1 aromatic carbocycles. The van der Waals surface area contributed by atoms with Crippen LogP contribution in [0.25, 0.3) is 10.9 Å². The average Bonchev–Trinajstić information content (AvgIpc) is 2.39. The molecule has 1 heterocycles. The number of fused-ring (bicyclic) bond motifs is 1. The summed E-state index contributed by atoms with van der Waals surface area (Å²) in [7, 11) is 0. The predicted molar refractivity (Wildman–Crippen MR) is 80.0 cm³/mol. The van der Waals surface area contributed by atoms with Gasteiger partial charge in [0.2, 0.25) is 0 Å². The van der Waals surface area contributed by atoms with Gasteiger partial charge in [0.25, 0.3) is 0 Å². The Hall–Kier alpha value is -1.49. The number of hydrogen-bond acceptors (Lipinski definition) is 5. The molecular weight excluding hydrogens is 244 g/mol. The van der Waals surface area contributed by atoms with Crippen LogP contribution in [0.4, 0.5) is 11.5 Å². The Labute approximate surface area is 111 Å². The number of anilines is 2. The maximum absolute atomic E-state index is 5.80. The van der Waals surface area contributed by atoms with Crippen LogP contribution in [-0.4, -0.2) is 28.0 Å². The molecule has 0 aliphatic heterocycles. The fourth-order valence-electron chi connectivity index (χ4n) is 1.73. The number of nitrogens with zero attached hydrogens (tertiary/aromatic N) is 2. The standard InChI is InChI=1S/C13H18N4S/c1-9(18-2)5-6-15-13-11-7-10(14)3-4-12(11)16-8-17-13/h3-4,7-9H,5-6,14H2,1-2H3,(H,15,16,17). The normalized spacial score (nSPS) is 12.6. The number of benzene rings is 1. The highest BCUT2D eigenvalue weighted by Crippen LogP contribution is 2.21. The van der Waals surface area contributed by atoms with Crippen LogP contribution in [0.5, 0.6) is 0 Å². The molecule has 0 saturated carbocycles. The highest BCUT2D eigenvalue weighted by molar-refractivity contribution is 7.99. The maximum Gasteiger partial charge on any atom is 0.137 e. The summed E-state index contributed by atoms with van der Waals surface area (Å²) in [4.78, 5) is 8.52. The van der Waals surface area contributed by atoms with Crippen LogP contribution in [0.1, 0.15) is 13.3 Å². The van der Waals surface area contributed by atoms with E-state index in [1.807, 2.05) is 30.0 Å². The summed E-state index contributed by atoms with van der Waals surface area (Å²) in [6.07, 6.45) is 4.82. The van der Waals surface area contributed by atoms with Crippen LogP contribution in [0.3, 0.4) is 0 Å². The Bertz CT molecular complexity index is 529. The van der Waals surface area contributed by atoms with Crippen molar-refractivity contribution in [2.45, 2.75) is 18.6 Å². The van der Waals surface area contributed by atoms with Crippen LogP contribution in [0.2, 0.25) is 0 Å². The van der Waals surface area contributed by atoms with Crippen LogP contribution in [-0.2, 0) is 0 Å². The van der Waals surface area contributed by atoms with Crippen molar-refractivity contribution in [1.82, 2.24) is 9.97 Å². The number of hydrogen-bond donors (Lipinski definition) is 2. The van der Waals surface area contributed by atoms with Gasteiger partial charge in [0, 0.05) is 22.9 Å². The second-order valence-electron chi connectivity index (χ2n) is 4.26. The molecule has 2 rings (SSSR count). The lowest BCUT2D eigenvalue weighted by Crippen LogP contribution is -2.09. The van der Waals surface area contributed by atoms with Crippen LogP contribution in [0, 0.1) is 0 Å². The molecule has 5 heteroatoms. The molecule has 0 bridgehead atoms. The quantitative estimate of drug-likeness (QED) is 0.811. The van der Waals surface area contributed by atoms with Crippen LogP contribution in [0.15, 0.2) is 24.5 Å². The second-order valence-corrected chi connectivity index (χ2v) is 5.54. The van der Waals surface area contributed by atoms with E-state index in [9.17, 15) is 0 Å². The lowest BCUT2D eigenvalue weighted by atomic mass is 10.2. The molecule has 96 valence electrons. The molecule has 2 aromatic rings. The number of nitrogens with one attached hydrogen (secondary N) is 1. The van der Waals surface area contributed by atoms with Gasteiger partial charge < -0.3 is 11.1 Å². The average molecular weight is 262 g/mol. The fourth-order valence-corrected chi connectivity index (χ4v) is 2.08. The molecule has 0 spiro atoms. The summed E-state index contributed by atoms with van der Waals surface area (Å²) in [5, 5.41) is 4.99. The van der Waals surface area contributed by atoms with E-state index >= 15 is 0 Å². The molecule has 1 unspecified atom stereocenters.